The summed E-state index contributed by atoms with van der Waals surface area (Å²) in [7, 11) is 0. The summed E-state index contributed by atoms with van der Waals surface area (Å²) in [6.07, 6.45) is 4.50. The second kappa shape index (κ2) is 8.89. The third-order valence-corrected chi connectivity index (χ3v) is 5.57. The number of carbonyl (C=O) groups is 1. The van der Waals surface area contributed by atoms with Crippen LogP contribution in [-0.4, -0.2) is 52.7 Å². The first kappa shape index (κ1) is 19.9. The van der Waals surface area contributed by atoms with Crippen LogP contribution in [0, 0.1) is 6.92 Å². The smallest absolute Gasteiger partial charge is 0.162 e. The van der Waals surface area contributed by atoms with Crippen molar-refractivity contribution in [3.05, 3.63) is 29.5 Å². The second-order valence-electron chi connectivity index (χ2n) is 7.62. The number of benzene rings is 1. The van der Waals surface area contributed by atoms with Gasteiger partial charge in [-0.05, 0) is 64.9 Å². The van der Waals surface area contributed by atoms with Crippen molar-refractivity contribution < 1.29 is 14.6 Å². The lowest BCUT2D eigenvalue weighted by Crippen LogP contribution is -2.36. The third-order valence-electron chi connectivity index (χ3n) is 5.57. The van der Waals surface area contributed by atoms with Gasteiger partial charge in [0.1, 0.15) is 18.5 Å². The summed E-state index contributed by atoms with van der Waals surface area (Å²) in [6, 6.07) is 5.87. The van der Waals surface area contributed by atoms with Gasteiger partial charge in [0, 0.05) is 35.2 Å². The van der Waals surface area contributed by atoms with Crippen LogP contribution in [0.25, 0.3) is 10.9 Å². The van der Waals surface area contributed by atoms with E-state index >= 15 is 0 Å². The molecule has 0 amide bonds. The molecule has 1 aliphatic rings. The van der Waals surface area contributed by atoms with Crippen molar-refractivity contribution in [2.45, 2.75) is 59.1 Å². The largest absolute Gasteiger partial charge is 0.491 e. The van der Waals surface area contributed by atoms with Crippen molar-refractivity contribution in [1.82, 2.24) is 9.47 Å². The zero-order valence-electron chi connectivity index (χ0n) is 16.8. The highest BCUT2D eigenvalue weighted by Gasteiger charge is 2.18. The fourth-order valence-electron chi connectivity index (χ4n) is 4.26. The number of aliphatic hydroxyl groups is 1. The maximum absolute atomic E-state index is 12.1. The summed E-state index contributed by atoms with van der Waals surface area (Å²) >= 11 is 0. The topological polar surface area (TPSA) is 54.7 Å². The zero-order valence-corrected chi connectivity index (χ0v) is 16.8. The summed E-state index contributed by atoms with van der Waals surface area (Å²) < 4.78 is 8.03. The second-order valence-corrected chi connectivity index (χ2v) is 7.62. The molecule has 0 aliphatic carbocycles. The van der Waals surface area contributed by atoms with Crippen LogP contribution in [0.5, 0.6) is 5.75 Å². The van der Waals surface area contributed by atoms with Crippen molar-refractivity contribution in [3.8, 4) is 5.75 Å². The van der Waals surface area contributed by atoms with Crippen molar-refractivity contribution in [2.24, 2.45) is 0 Å². The molecule has 27 heavy (non-hydrogen) atoms. The molecule has 148 valence electrons. The number of likely N-dealkylation sites (tertiary alicyclic amines) is 1. The van der Waals surface area contributed by atoms with E-state index < -0.39 is 6.10 Å². The van der Waals surface area contributed by atoms with Crippen molar-refractivity contribution in [2.75, 3.05) is 26.2 Å². The highest BCUT2D eigenvalue weighted by molar-refractivity contribution is 6.08. The van der Waals surface area contributed by atoms with Gasteiger partial charge < -0.3 is 19.3 Å². The minimum atomic E-state index is -0.506. The molecule has 5 nitrogen and oxygen atoms in total. The van der Waals surface area contributed by atoms with Crippen molar-refractivity contribution >= 4 is 16.7 Å². The number of nitrogens with zero attached hydrogens (tertiary/aromatic N) is 2. The fraction of sp³-hybridized carbons (Fsp3) is 0.591. The number of β-amino-alcohol motifs (C(OH)–C–C–N with tert-alkyl or cyclic N) is 1. The molecule has 5 heteroatoms. The summed E-state index contributed by atoms with van der Waals surface area (Å²) in [4.78, 5) is 14.5. The van der Waals surface area contributed by atoms with E-state index in [-0.39, 0.29) is 12.4 Å². The Labute approximate surface area is 161 Å². The maximum atomic E-state index is 12.1. The number of aromatic nitrogens is 1. The van der Waals surface area contributed by atoms with Crippen LogP contribution < -0.4 is 4.74 Å². The van der Waals surface area contributed by atoms with Gasteiger partial charge in [-0.25, -0.2) is 0 Å². The Bertz CT molecular complexity index is 788. The number of Topliss-reactive ketones (excluding diaryl/α,β-unsaturated/α-hetero) is 1. The monoisotopic (exact) mass is 372 g/mol. The van der Waals surface area contributed by atoms with Gasteiger partial charge in [-0.2, -0.15) is 0 Å². The molecule has 0 bridgehead atoms. The number of rotatable bonds is 7. The molecular weight excluding hydrogens is 340 g/mol. The predicted molar refractivity (Wildman–Crippen MR) is 109 cm³/mol. The van der Waals surface area contributed by atoms with Gasteiger partial charge in [0.25, 0.3) is 0 Å². The lowest BCUT2D eigenvalue weighted by molar-refractivity contribution is 0.0694. The van der Waals surface area contributed by atoms with Crippen molar-refractivity contribution in [1.29, 1.82) is 0 Å². The Morgan fingerprint density at radius 1 is 1.22 bits per heavy atom. The molecule has 1 aromatic carbocycles. The lowest BCUT2D eigenvalue weighted by atomic mass is 10.1. The summed E-state index contributed by atoms with van der Waals surface area (Å²) in [6.45, 7) is 9.57. The van der Waals surface area contributed by atoms with Gasteiger partial charge in [-0.1, -0.05) is 12.8 Å². The molecule has 1 N–H and O–H groups in total. The number of fused-ring (bicyclic) bond motifs is 1. The van der Waals surface area contributed by atoms with Crippen molar-refractivity contribution in [3.63, 3.8) is 0 Å². The molecule has 1 saturated heterocycles. The number of hydrogen-bond acceptors (Lipinski definition) is 4. The Balaban J connectivity index is 1.70. The van der Waals surface area contributed by atoms with Crippen LogP contribution in [-0.2, 0) is 6.54 Å². The van der Waals surface area contributed by atoms with Crippen LogP contribution in [0.2, 0.25) is 0 Å². The number of ketones is 1. The van der Waals surface area contributed by atoms with E-state index in [1.165, 1.54) is 25.7 Å². The molecule has 1 fully saturated rings. The SMILES string of the molecule is CCn1c(C)c(C(C)=O)c2cc(OC[C@@H](O)CN3CCCCCC3)ccc21. The average molecular weight is 373 g/mol. The highest BCUT2D eigenvalue weighted by Crippen LogP contribution is 2.30. The Morgan fingerprint density at radius 2 is 1.93 bits per heavy atom. The quantitative estimate of drug-likeness (QED) is 0.752. The van der Waals surface area contributed by atoms with Gasteiger partial charge in [0.2, 0.25) is 0 Å². The van der Waals surface area contributed by atoms with Gasteiger partial charge in [0.05, 0.1) is 0 Å². The average Bonchev–Trinajstić information content (AvgIpc) is 2.77. The first-order valence-corrected chi connectivity index (χ1v) is 10.2. The standard InChI is InChI=1S/C22H32N2O3/c1-4-24-16(2)22(17(3)25)20-13-19(9-10-21(20)24)27-15-18(26)14-23-11-7-5-6-8-12-23/h9-10,13,18,26H,4-8,11-12,14-15H2,1-3H3/t18-/m0/s1. The Kier molecular flexibility index (Phi) is 6.55. The van der Waals surface area contributed by atoms with Crippen LogP contribution in [0.3, 0.4) is 0 Å². The summed E-state index contributed by atoms with van der Waals surface area (Å²) in [5, 5.41) is 11.3. The number of ether oxygens (including phenoxy) is 1. The number of aryl methyl sites for hydroxylation is 1. The van der Waals surface area contributed by atoms with E-state index in [2.05, 4.69) is 16.4 Å². The molecular formula is C22H32N2O3. The third kappa shape index (κ3) is 4.53. The molecule has 3 rings (SSSR count). The van der Waals surface area contributed by atoms with E-state index in [0.717, 1.165) is 41.8 Å². The molecule has 2 aromatic rings. The van der Waals surface area contributed by atoms with Gasteiger partial charge in [-0.3, -0.25) is 4.79 Å². The zero-order chi connectivity index (χ0) is 19.4. The fourth-order valence-corrected chi connectivity index (χ4v) is 4.26. The van der Waals surface area contributed by atoms with E-state index in [9.17, 15) is 9.90 Å². The lowest BCUT2D eigenvalue weighted by Gasteiger charge is -2.23. The number of aliphatic hydroxyl groups excluding tert-OH is 1. The molecule has 0 unspecified atom stereocenters. The first-order chi connectivity index (χ1) is 13.0. The van der Waals surface area contributed by atoms with E-state index in [4.69, 9.17) is 4.74 Å². The minimum absolute atomic E-state index is 0.0723. The maximum Gasteiger partial charge on any atom is 0.162 e. The molecule has 1 atom stereocenters. The molecule has 1 aromatic heterocycles. The predicted octanol–water partition coefficient (Wildman–Crippen LogP) is 3.79. The van der Waals surface area contributed by atoms with Crippen LogP contribution in [0.4, 0.5) is 0 Å². The molecule has 1 aliphatic heterocycles. The van der Waals surface area contributed by atoms with Gasteiger partial charge in [-0.15, -0.1) is 0 Å². The van der Waals surface area contributed by atoms with Gasteiger partial charge >= 0.3 is 0 Å². The number of carbonyl (C=O) groups excluding carboxylic acids is 1. The normalized spacial score (nSPS) is 17.0. The van der Waals surface area contributed by atoms with Crippen LogP contribution in [0.15, 0.2) is 18.2 Å². The van der Waals surface area contributed by atoms with Crippen LogP contribution in [0.1, 0.15) is 55.6 Å². The first-order valence-electron chi connectivity index (χ1n) is 10.2. The molecule has 0 spiro atoms. The van der Waals surface area contributed by atoms with Gasteiger partial charge in [0.15, 0.2) is 5.78 Å². The molecule has 2 heterocycles. The number of hydrogen-bond donors (Lipinski definition) is 1. The highest BCUT2D eigenvalue weighted by atomic mass is 16.5. The minimum Gasteiger partial charge on any atom is -0.491 e. The summed E-state index contributed by atoms with van der Waals surface area (Å²) in [5.41, 5.74) is 2.82. The molecule has 0 saturated carbocycles. The van der Waals surface area contributed by atoms with E-state index in [1.807, 2.05) is 25.1 Å². The van der Waals surface area contributed by atoms with E-state index in [1.54, 1.807) is 6.92 Å². The molecule has 0 radical (unpaired) electrons. The Morgan fingerprint density at radius 3 is 2.56 bits per heavy atom. The van der Waals surface area contributed by atoms with E-state index in [0.29, 0.717) is 12.3 Å². The summed E-state index contributed by atoms with van der Waals surface area (Å²) in [5.74, 6) is 0.774. The van der Waals surface area contributed by atoms with Crippen LogP contribution >= 0.6 is 0 Å². The Hall–Kier alpha value is -1.85.